The third-order valence-electron chi connectivity index (χ3n) is 6.10. The van der Waals surface area contributed by atoms with Crippen molar-refractivity contribution < 1.29 is 27.5 Å². The zero-order chi connectivity index (χ0) is 28.4. The molecule has 214 valence electrons. The molecule has 14 heteroatoms. The minimum absolute atomic E-state index is 0.139. The van der Waals surface area contributed by atoms with Gasteiger partial charge in [0.15, 0.2) is 5.82 Å². The number of piperidine rings is 1. The molecule has 1 aromatic carbocycles. The number of rotatable bonds is 13. The maximum atomic E-state index is 12.4. The summed E-state index contributed by atoms with van der Waals surface area (Å²) in [6.07, 6.45) is 1.01. The Morgan fingerprint density at radius 1 is 1.05 bits per heavy atom. The SMILES string of the molecule is O=C(Cc1cccc(OC(F)(F)F)c1)Nc1ccc(CCCCc2nnc(NCCN3CCCCC3=O)s2)nn1. The minimum atomic E-state index is -4.80. The van der Waals surface area contributed by atoms with Gasteiger partial charge in [-0.1, -0.05) is 23.5 Å². The van der Waals surface area contributed by atoms with Crippen LogP contribution in [0.3, 0.4) is 0 Å². The van der Waals surface area contributed by atoms with Crippen molar-refractivity contribution in [3.05, 3.63) is 52.7 Å². The summed E-state index contributed by atoms with van der Waals surface area (Å²) >= 11 is 1.52. The number of aromatic nitrogens is 4. The molecular formula is C26H30F3N7O3S. The number of anilines is 2. The van der Waals surface area contributed by atoms with Crippen molar-refractivity contribution in [1.29, 1.82) is 0 Å². The molecule has 0 unspecified atom stereocenters. The Balaban J connectivity index is 1.13. The van der Waals surface area contributed by atoms with E-state index in [1.54, 1.807) is 12.1 Å². The second-order valence-electron chi connectivity index (χ2n) is 9.30. The van der Waals surface area contributed by atoms with E-state index in [1.165, 1.54) is 35.6 Å². The van der Waals surface area contributed by atoms with Gasteiger partial charge in [-0.2, -0.15) is 5.10 Å². The molecule has 0 radical (unpaired) electrons. The molecule has 0 bridgehead atoms. The van der Waals surface area contributed by atoms with Gasteiger partial charge < -0.3 is 20.3 Å². The number of unbranched alkanes of at least 4 members (excludes halogenated alkanes) is 1. The van der Waals surface area contributed by atoms with Crippen LogP contribution in [0.1, 0.15) is 48.4 Å². The Morgan fingerprint density at radius 2 is 1.90 bits per heavy atom. The van der Waals surface area contributed by atoms with Gasteiger partial charge in [0, 0.05) is 32.5 Å². The zero-order valence-electron chi connectivity index (χ0n) is 21.7. The number of aryl methyl sites for hydroxylation is 2. The molecule has 3 aromatic rings. The van der Waals surface area contributed by atoms with Gasteiger partial charge in [-0.3, -0.25) is 9.59 Å². The lowest BCUT2D eigenvalue weighted by atomic mass is 10.1. The van der Waals surface area contributed by atoms with Crippen molar-refractivity contribution in [2.45, 2.75) is 57.7 Å². The third kappa shape index (κ3) is 9.74. The number of likely N-dealkylation sites (tertiary alicyclic amines) is 1. The van der Waals surface area contributed by atoms with E-state index < -0.39 is 12.3 Å². The number of carbonyl (C=O) groups excluding carboxylic acids is 2. The van der Waals surface area contributed by atoms with Gasteiger partial charge in [0.1, 0.15) is 10.8 Å². The number of alkyl halides is 3. The van der Waals surface area contributed by atoms with Crippen molar-refractivity contribution in [2.24, 2.45) is 0 Å². The van der Waals surface area contributed by atoms with Crippen LogP contribution in [0.5, 0.6) is 5.75 Å². The van der Waals surface area contributed by atoms with E-state index in [-0.39, 0.29) is 23.9 Å². The molecule has 2 aromatic heterocycles. The molecule has 1 fully saturated rings. The van der Waals surface area contributed by atoms with Gasteiger partial charge in [0.05, 0.1) is 12.1 Å². The Morgan fingerprint density at radius 3 is 2.67 bits per heavy atom. The fraction of sp³-hybridized carbons (Fsp3) is 0.462. The summed E-state index contributed by atoms with van der Waals surface area (Å²) < 4.78 is 41.1. The third-order valence-corrected chi connectivity index (χ3v) is 7.04. The largest absolute Gasteiger partial charge is 0.573 e. The summed E-state index contributed by atoms with van der Waals surface area (Å²) in [5.41, 5.74) is 1.15. The molecule has 1 saturated heterocycles. The van der Waals surface area contributed by atoms with Crippen molar-refractivity contribution in [2.75, 3.05) is 30.3 Å². The number of amides is 2. The van der Waals surface area contributed by atoms with Crippen molar-refractivity contribution in [3.8, 4) is 5.75 Å². The van der Waals surface area contributed by atoms with Crippen LogP contribution in [0.2, 0.25) is 0 Å². The van der Waals surface area contributed by atoms with Crippen molar-refractivity contribution >= 4 is 34.1 Å². The van der Waals surface area contributed by atoms with Crippen molar-refractivity contribution in [1.82, 2.24) is 25.3 Å². The topological polar surface area (TPSA) is 122 Å². The first-order chi connectivity index (χ1) is 19.2. The van der Waals surface area contributed by atoms with Gasteiger partial charge in [-0.05, 0) is 61.9 Å². The molecule has 1 aliphatic rings. The average Bonchev–Trinajstić information content (AvgIpc) is 3.35. The first kappa shape index (κ1) is 29.2. The lowest BCUT2D eigenvalue weighted by molar-refractivity contribution is -0.274. The van der Waals surface area contributed by atoms with Crippen LogP contribution >= 0.6 is 11.3 Å². The highest BCUT2D eigenvalue weighted by Crippen LogP contribution is 2.23. The maximum Gasteiger partial charge on any atom is 0.573 e. The first-order valence-corrected chi connectivity index (χ1v) is 13.9. The monoisotopic (exact) mass is 577 g/mol. The Hall–Kier alpha value is -3.81. The van der Waals surface area contributed by atoms with E-state index in [2.05, 4.69) is 35.8 Å². The van der Waals surface area contributed by atoms with E-state index in [1.807, 2.05) is 4.90 Å². The molecule has 0 atom stereocenters. The number of hydrogen-bond donors (Lipinski definition) is 2. The van der Waals surface area contributed by atoms with Crippen LogP contribution in [0.25, 0.3) is 0 Å². The fourth-order valence-corrected chi connectivity index (χ4v) is 5.00. The standard InChI is InChI=1S/C26H30F3N7O3S/c27-26(28,29)39-20-8-5-6-18(16-20)17-22(37)31-21-12-11-19(32-33-21)7-1-2-9-23-34-35-25(40-23)30-13-15-36-14-4-3-10-24(36)38/h5-6,8,11-12,16H,1-4,7,9-10,13-15,17H2,(H,30,35)(H,31,33,37). The molecule has 0 aliphatic carbocycles. The highest BCUT2D eigenvalue weighted by Gasteiger charge is 2.31. The fourth-order valence-electron chi connectivity index (χ4n) is 4.19. The summed E-state index contributed by atoms with van der Waals surface area (Å²) in [7, 11) is 0. The minimum Gasteiger partial charge on any atom is -0.406 e. The van der Waals surface area contributed by atoms with Crippen LogP contribution in [0.4, 0.5) is 24.1 Å². The molecule has 3 heterocycles. The Labute approximate surface area is 233 Å². The smallest absolute Gasteiger partial charge is 0.406 e. The molecular weight excluding hydrogens is 547 g/mol. The molecule has 4 rings (SSSR count). The number of ether oxygens (including phenoxy) is 1. The normalized spacial score (nSPS) is 13.8. The number of carbonyl (C=O) groups is 2. The molecule has 10 nitrogen and oxygen atoms in total. The highest BCUT2D eigenvalue weighted by atomic mass is 32.1. The van der Waals surface area contributed by atoms with Crippen LogP contribution in [0.15, 0.2) is 36.4 Å². The molecule has 0 saturated carbocycles. The van der Waals surface area contributed by atoms with Gasteiger partial charge in [0.2, 0.25) is 16.9 Å². The summed E-state index contributed by atoms with van der Waals surface area (Å²) in [5.74, 6) is -0.336. The van der Waals surface area contributed by atoms with E-state index in [0.717, 1.165) is 54.5 Å². The van der Waals surface area contributed by atoms with Gasteiger partial charge in [0.25, 0.3) is 0 Å². The molecule has 2 N–H and O–H groups in total. The van der Waals surface area contributed by atoms with Crippen LogP contribution in [-0.4, -0.2) is 63.1 Å². The first-order valence-electron chi connectivity index (χ1n) is 13.0. The highest BCUT2D eigenvalue weighted by molar-refractivity contribution is 7.15. The van der Waals surface area contributed by atoms with E-state index in [4.69, 9.17) is 0 Å². The Bertz CT molecular complexity index is 1270. The predicted octanol–water partition coefficient (Wildman–Crippen LogP) is 4.40. The van der Waals surface area contributed by atoms with Gasteiger partial charge in [-0.15, -0.1) is 28.5 Å². The molecule has 1 aliphatic heterocycles. The van der Waals surface area contributed by atoms with Crippen LogP contribution in [-0.2, 0) is 28.9 Å². The second kappa shape index (κ2) is 14.0. The maximum absolute atomic E-state index is 12.4. The second-order valence-corrected chi connectivity index (χ2v) is 10.4. The predicted molar refractivity (Wildman–Crippen MR) is 143 cm³/mol. The summed E-state index contributed by atoms with van der Waals surface area (Å²) in [6, 6.07) is 8.69. The summed E-state index contributed by atoms with van der Waals surface area (Å²) in [4.78, 5) is 26.0. The van der Waals surface area contributed by atoms with E-state index in [0.29, 0.717) is 31.5 Å². The quantitative estimate of drug-likeness (QED) is 0.287. The van der Waals surface area contributed by atoms with Crippen LogP contribution in [0, 0.1) is 0 Å². The number of hydrogen-bond acceptors (Lipinski definition) is 9. The number of halogens is 3. The van der Waals surface area contributed by atoms with Gasteiger partial charge in [-0.25, -0.2) is 0 Å². The van der Waals surface area contributed by atoms with E-state index >= 15 is 0 Å². The zero-order valence-corrected chi connectivity index (χ0v) is 22.6. The molecule has 0 spiro atoms. The lowest BCUT2D eigenvalue weighted by Crippen LogP contribution is -2.38. The molecule has 2 amide bonds. The average molecular weight is 578 g/mol. The van der Waals surface area contributed by atoms with Crippen LogP contribution < -0.4 is 15.4 Å². The van der Waals surface area contributed by atoms with E-state index in [9.17, 15) is 22.8 Å². The lowest BCUT2D eigenvalue weighted by Gasteiger charge is -2.26. The number of nitrogens with one attached hydrogen (secondary N) is 2. The molecule has 40 heavy (non-hydrogen) atoms. The Kier molecular flexibility index (Phi) is 10.2. The number of nitrogens with zero attached hydrogens (tertiary/aromatic N) is 5. The van der Waals surface area contributed by atoms with Crippen molar-refractivity contribution in [3.63, 3.8) is 0 Å². The van der Waals surface area contributed by atoms with Gasteiger partial charge >= 0.3 is 6.36 Å². The summed E-state index contributed by atoms with van der Waals surface area (Å²) in [6.45, 7) is 2.15. The summed E-state index contributed by atoms with van der Waals surface area (Å²) in [5, 5.41) is 24.1. The number of benzene rings is 1.